The number of rotatable bonds is 5. The Hall–Kier alpha value is -1.60. The van der Waals surface area contributed by atoms with Gasteiger partial charge in [0.2, 0.25) is 0 Å². The molecule has 0 spiro atoms. The minimum absolute atomic E-state index is 0.0597. The van der Waals surface area contributed by atoms with E-state index in [1.807, 2.05) is 37.3 Å². The van der Waals surface area contributed by atoms with Crippen molar-refractivity contribution < 1.29 is 5.21 Å². The molecule has 1 unspecified atom stereocenters. The Bertz CT molecular complexity index is 556. The molecule has 3 N–H and O–H groups in total. The molecule has 0 fully saturated rings. The van der Waals surface area contributed by atoms with E-state index in [1.54, 1.807) is 23.1 Å². The topological polar surface area (TPSA) is 84.4 Å². The van der Waals surface area contributed by atoms with Crippen molar-refractivity contribution in [1.82, 2.24) is 10.2 Å². The number of aryl methyl sites for hydroxylation is 1. The third kappa shape index (κ3) is 3.93. The first-order valence-electron chi connectivity index (χ1n) is 5.67. The number of thioether (sulfide) groups is 1. The van der Waals surface area contributed by atoms with Crippen LogP contribution < -0.4 is 5.73 Å². The van der Waals surface area contributed by atoms with Crippen molar-refractivity contribution in [1.29, 1.82) is 0 Å². The second-order valence-corrected chi connectivity index (χ2v) is 6.53. The van der Waals surface area contributed by atoms with Gasteiger partial charge in [-0.05, 0) is 12.5 Å². The standard InChI is InChI=1S/C12H14N4OS2/c1-8-14-15-12(18-8)19-10(7-11(13)16-17)9-5-3-2-4-6-9/h2-6,10,17H,7H2,1H3,(H2,13,16). The third-order valence-electron chi connectivity index (χ3n) is 2.44. The first-order chi connectivity index (χ1) is 9.19. The number of nitrogens with two attached hydrogens (primary N) is 1. The molecule has 0 aliphatic rings. The van der Waals surface area contributed by atoms with Crippen LogP contribution >= 0.6 is 23.1 Å². The SMILES string of the molecule is Cc1nnc(SC(CC(N)=NO)c2ccccc2)s1. The molecule has 0 aliphatic carbocycles. The molecule has 7 heteroatoms. The van der Waals surface area contributed by atoms with Crippen LogP contribution in [0.5, 0.6) is 0 Å². The highest BCUT2D eigenvalue weighted by atomic mass is 32.2. The van der Waals surface area contributed by atoms with Gasteiger partial charge in [-0.1, -0.05) is 58.6 Å². The van der Waals surface area contributed by atoms with Crippen LogP contribution in [0.25, 0.3) is 0 Å². The summed E-state index contributed by atoms with van der Waals surface area (Å²) in [4.78, 5) is 0. The fraction of sp³-hybridized carbons (Fsp3) is 0.250. The van der Waals surface area contributed by atoms with Gasteiger partial charge in [0, 0.05) is 11.7 Å². The minimum Gasteiger partial charge on any atom is -0.409 e. The number of aromatic nitrogens is 2. The lowest BCUT2D eigenvalue weighted by molar-refractivity contribution is 0.317. The van der Waals surface area contributed by atoms with E-state index in [4.69, 9.17) is 10.9 Å². The molecule has 0 bridgehead atoms. The molecule has 0 aliphatic heterocycles. The molecule has 0 saturated heterocycles. The smallest absolute Gasteiger partial charge is 0.174 e. The second kappa shape index (κ2) is 6.53. The van der Waals surface area contributed by atoms with Crippen molar-refractivity contribution in [2.75, 3.05) is 0 Å². The van der Waals surface area contributed by atoms with Crippen LogP contribution in [-0.4, -0.2) is 21.2 Å². The highest BCUT2D eigenvalue weighted by Gasteiger charge is 2.17. The van der Waals surface area contributed by atoms with E-state index in [0.29, 0.717) is 6.42 Å². The van der Waals surface area contributed by atoms with Gasteiger partial charge in [0.05, 0.1) is 0 Å². The number of benzene rings is 1. The summed E-state index contributed by atoms with van der Waals surface area (Å²) < 4.78 is 0.886. The molecular weight excluding hydrogens is 280 g/mol. The maximum absolute atomic E-state index is 8.73. The van der Waals surface area contributed by atoms with Crippen molar-refractivity contribution in [3.05, 3.63) is 40.9 Å². The van der Waals surface area contributed by atoms with E-state index in [2.05, 4.69) is 15.4 Å². The minimum atomic E-state index is 0.0597. The van der Waals surface area contributed by atoms with E-state index in [9.17, 15) is 0 Å². The Labute approximate surface area is 119 Å². The van der Waals surface area contributed by atoms with Crippen molar-refractivity contribution in [2.24, 2.45) is 10.9 Å². The average molecular weight is 294 g/mol. The van der Waals surface area contributed by atoms with Crippen LogP contribution in [0.2, 0.25) is 0 Å². The number of hydrogen-bond acceptors (Lipinski definition) is 6. The molecule has 100 valence electrons. The van der Waals surface area contributed by atoms with Crippen molar-refractivity contribution in [2.45, 2.75) is 22.9 Å². The van der Waals surface area contributed by atoms with Crippen molar-refractivity contribution in [3.8, 4) is 0 Å². The normalized spacial score (nSPS) is 13.4. The molecule has 1 aromatic carbocycles. The molecule has 0 saturated carbocycles. The van der Waals surface area contributed by atoms with Crippen LogP contribution in [0.4, 0.5) is 0 Å². The molecule has 1 atom stereocenters. The summed E-state index contributed by atoms with van der Waals surface area (Å²) in [5.74, 6) is 0.211. The average Bonchev–Trinajstić information content (AvgIpc) is 2.84. The summed E-state index contributed by atoms with van der Waals surface area (Å²) in [5, 5.41) is 20.9. The Balaban J connectivity index is 2.19. The third-order valence-corrected chi connectivity index (χ3v) is 4.62. The molecular formula is C12H14N4OS2. The van der Waals surface area contributed by atoms with Crippen molar-refractivity contribution >= 4 is 28.9 Å². The molecule has 5 nitrogen and oxygen atoms in total. The van der Waals surface area contributed by atoms with Gasteiger partial charge < -0.3 is 10.9 Å². The van der Waals surface area contributed by atoms with Crippen LogP contribution in [0.3, 0.4) is 0 Å². The molecule has 1 heterocycles. The van der Waals surface area contributed by atoms with Gasteiger partial charge in [-0.3, -0.25) is 0 Å². The summed E-state index contributed by atoms with van der Waals surface area (Å²) in [6.07, 6.45) is 0.462. The zero-order valence-electron chi connectivity index (χ0n) is 10.4. The Morgan fingerprint density at radius 3 is 2.74 bits per heavy atom. The van der Waals surface area contributed by atoms with Gasteiger partial charge in [0.15, 0.2) is 4.34 Å². The molecule has 2 rings (SSSR count). The van der Waals surface area contributed by atoms with Gasteiger partial charge in [0.25, 0.3) is 0 Å². The van der Waals surface area contributed by atoms with Gasteiger partial charge in [-0.2, -0.15) is 0 Å². The molecule has 19 heavy (non-hydrogen) atoms. The highest BCUT2D eigenvalue weighted by molar-refractivity contribution is 8.01. The van der Waals surface area contributed by atoms with Gasteiger partial charge in [-0.15, -0.1) is 10.2 Å². The van der Waals surface area contributed by atoms with Gasteiger partial charge >= 0.3 is 0 Å². The van der Waals surface area contributed by atoms with Gasteiger partial charge in [0.1, 0.15) is 10.8 Å². The number of oxime groups is 1. The predicted molar refractivity (Wildman–Crippen MR) is 77.7 cm³/mol. The maximum Gasteiger partial charge on any atom is 0.174 e. The number of amidine groups is 1. The highest BCUT2D eigenvalue weighted by Crippen LogP contribution is 2.38. The van der Waals surface area contributed by atoms with E-state index in [1.165, 1.54) is 0 Å². The van der Waals surface area contributed by atoms with E-state index in [0.717, 1.165) is 14.9 Å². The maximum atomic E-state index is 8.73. The molecule has 2 aromatic rings. The molecule has 0 amide bonds. The van der Waals surface area contributed by atoms with E-state index >= 15 is 0 Å². The van der Waals surface area contributed by atoms with Crippen LogP contribution in [-0.2, 0) is 0 Å². The Kier molecular flexibility index (Phi) is 4.75. The Morgan fingerprint density at radius 2 is 2.16 bits per heavy atom. The lowest BCUT2D eigenvalue weighted by Crippen LogP contribution is -2.14. The Morgan fingerprint density at radius 1 is 1.42 bits per heavy atom. The lowest BCUT2D eigenvalue weighted by atomic mass is 10.1. The first kappa shape index (κ1) is 13.8. The number of hydrogen-bond donors (Lipinski definition) is 2. The van der Waals surface area contributed by atoms with Crippen LogP contribution in [0, 0.1) is 6.92 Å². The first-order valence-corrected chi connectivity index (χ1v) is 7.36. The van der Waals surface area contributed by atoms with Crippen LogP contribution in [0.1, 0.15) is 22.2 Å². The van der Waals surface area contributed by atoms with E-state index < -0.39 is 0 Å². The summed E-state index contributed by atoms with van der Waals surface area (Å²) in [6.45, 7) is 1.92. The van der Waals surface area contributed by atoms with E-state index in [-0.39, 0.29) is 11.1 Å². The lowest BCUT2D eigenvalue weighted by Gasteiger charge is -2.14. The van der Waals surface area contributed by atoms with Gasteiger partial charge in [-0.25, -0.2) is 0 Å². The summed E-state index contributed by atoms with van der Waals surface area (Å²) in [6, 6.07) is 9.96. The second-order valence-electron chi connectivity index (χ2n) is 3.90. The monoisotopic (exact) mass is 294 g/mol. The quantitative estimate of drug-likeness (QED) is 0.291. The summed E-state index contributed by atoms with van der Waals surface area (Å²) in [5.41, 5.74) is 6.74. The fourth-order valence-corrected chi connectivity index (χ4v) is 3.77. The zero-order valence-corrected chi connectivity index (χ0v) is 12.0. The van der Waals surface area contributed by atoms with Crippen LogP contribution in [0.15, 0.2) is 39.8 Å². The number of nitrogens with zero attached hydrogens (tertiary/aromatic N) is 3. The molecule has 1 aromatic heterocycles. The largest absolute Gasteiger partial charge is 0.409 e. The summed E-state index contributed by atoms with van der Waals surface area (Å²) >= 11 is 3.12. The zero-order chi connectivity index (χ0) is 13.7. The van der Waals surface area contributed by atoms with Crippen molar-refractivity contribution in [3.63, 3.8) is 0 Å². The molecule has 0 radical (unpaired) electrons. The summed E-state index contributed by atoms with van der Waals surface area (Å²) in [7, 11) is 0. The predicted octanol–water partition coefficient (Wildman–Crippen LogP) is 2.82. The fourth-order valence-electron chi connectivity index (χ4n) is 1.57.